The van der Waals surface area contributed by atoms with E-state index in [-0.39, 0.29) is 17.3 Å². The first kappa shape index (κ1) is 23.0. The highest BCUT2D eigenvalue weighted by Crippen LogP contribution is 2.21. The number of carbonyl (C=O) groups excluding carboxylic acids is 1. The van der Waals surface area contributed by atoms with Crippen molar-refractivity contribution < 1.29 is 17.9 Å². The molecule has 172 valence electrons. The molecule has 2 saturated heterocycles. The smallest absolute Gasteiger partial charge is 0.243 e. The van der Waals surface area contributed by atoms with Crippen molar-refractivity contribution in [3.63, 3.8) is 0 Å². The van der Waals surface area contributed by atoms with Gasteiger partial charge in [0.2, 0.25) is 15.9 Å². The zero-order valence-corrected chi connectivity index (χ0v) is 19.3. The topological polar surface area (TPSA) is 82.2 Å². The van der Waals surface area contributed by atoms with Crippen LogP contribution >= 0.6 is 11.6 Å². The third kappa shape index (κ3) is 5.60. The number of amides is 1. The quantitative estimate of drug-likeness (QED) is 0.685. The molecular formula is C22H27ClN4O4S. The summed E-state index contributed by atoms with van der Waals surface area (Å²) in [6.45, 7) is 4.88. The molecule has 2 aliphatic heterocycles. The highest BCUT2D eigenvalue weighted by Gasteiger charge is 2.26. The van der Waals surface area contributed by atoms with Crippen LogP contribution in [0.1, 0.15) is 0 Å². The number of hydrogen-bond acceptors (Lipinski definition) is 6. The average molecular weight is 479 g/mol. The monoisotopic (exact) mass is 478 g/mol. The lowest BCUT2D eigenvalue weighted by molar-refractivity contribution is -0.117. The summed E-state index contributed by atoms with van der Waals surface area (Å²) >= 11 is 5.96. The van der Waals surface area contributed by atoms with Gasteiger partial charge in [0.05, 0.1) is 24.7 Å². The van der Waals surface area contributed by atoms with E-state index in [1.807, 2.05) is 24.3 Å². The van der Waals surface area contributed by atoms with Crippen LogP contribution in [0.25, 0.3) is 0 Å². The van der Waals surface area contributed by atoms with Crippen molar-refractivity contribution in [2.45, 2.75) is 4.90 Å². The van der Waals surface area contributed by atoms with Crippen LogP contribution in [0, 0.1) is 0 Å². The first-order valence-electron chi connectivity index (χ1n) is 10.6. The van der Waals surface area contributed by atoms with E-state index >= 15 is 0 Å². The highest BCUT2D eigenvalue weighted by molar-refractivity contribution is 7.89. The number of sulfonamides is 1. The lowest BCUT2D eigenvalue weighted by Gasteiger charge is -2.35. The SMILES string of the molecule is O=C(CN1CCN(c2ccc(Cl)cc2)CC1)Nc1cccc(S(=O)(=O)N2CCOCC2)c1. The van der Waals surface area contributed by atoms with Crippen LogP contribution in [0.2, 0.25) is 5.02 Å². The van der Waals surface area contributed by atoms with Crippen LogP contribution in [0.15, 0.2) is 53.4 Å². The van der Waals surface area contributed by atoms with Crippen LogP contribution in [-0.4, -0.2) is 82.6 Å². The van der Waals surface area contributed by atoms with Gasteiger partial charge >= 0.3 is 0 Å². The summed E-state index contributed by atoms with van der Waals surface area (Å²) in [5.41, 5.74) is 1.60. The number of nitrogens with zero attached hydrogens (tertiary/aromatic N) is 3. The minimum absolute atomic E-state index is 0.161. The van der Waals surface area contributed by atoms with Crippen LogP contribution < -0.4 is 10.2 Å². The Labute approximate surface area is 193 Å². The molecule has 4 rings (SSSR count). The molecule has 2 aromatic carbocycles. The largest absolute Gasteiger partial charge is 0.379 e. The van der Waals surface area contributed by atoms with Gasteiger partial charge in [-0.05, 0) is 42.5 Å². The van der Waals surface area contributed by atoms with Crippen molar-refractivity contribution in [1.82, 2.24) is 9.21 Å². The standard InChI is InChI=1S/C22H27ClN4O4S/c23-18-4-6-20(7-5-18)26-10-8-25(9-11-26)17-22(28)24-19-2-1-3-21(16-19)32(29,30)27-12-14-31-15-13-27/h1-7,16H,8-15,17H2,(H,24,28). The van der Waals surface area contributed by atoms with E-state index in [1.165, 1.54) is 10.4 Å². The fourth-order valence-corrected chi connectivity index (χ4v) is 5.47. The Morgan fingerprint density at radius 1 is 0.969 bits per heavy atom. The molecule has 0 aromatic heterocycles. The fraction of sp³-hybridized carbons (Fsp3) is 0.409. The Balaban J connectivity index is 1.31. The second kappa shape index (κ2) is 10.2. The number of ether oxygens (including phenoxy) is 1. The second-order valence-electron chi connectivity index (χ2n) is 7.83. The molecule has 1 amide bonds. The number of rotatable bonds is 6. The summed E-state index contributed by atoms with van der Waals surface area (Å²) in [6.07, 6.45) is 0. The zero-order chi connectivity index (χ0) is 22.6. The van der Waals surface area contributed by atoms with Gasteiger partial charge in [0.25, 0.3) is 0 Å². The number of nitrogens with one attached hydrogen (secondary N) is 1. The number of benzene rings is 2. The third-order valence-electron chi connectivity index (χ3n) is 5.66. The normalized spacial score (nSPS) is 18.5. The molecule has 1 N–H and O–H groups in total. The molecule has 32 heavy (non-hydrogen) atoms. The molecule has 0 radical (unpaired) electrons. The van der Waals surface area contributed by atoms with Gasteiger partial charge in [-0.15, -0.1) is 0 Å². The van der Waals surface area contributed by atoms with Gasteiger partial charge < -0.3 is 15.0 Å². The van der Waals surface area contributed by atoms with Crippen molar-refractivity contribution in [3.8, 4) is 0 Å². The Bertz CT molecular complexity index is 1030. The molecule has 0 spiro atoms. The predicted octanol–water partition coefficient (Wildman–Crippen LogP) is 2.12. The molecule has 2 aromatic rings. The maximum Gasteiger partial charge on any atom is 0.243 e. The van der Waals surface area contributed by atoms with Crippen LogP contribution in [0.3, 0.4) is 0 Å². The van der Waals surface area contributed by atoms with Crippen LogP contribution in [0.4, 0.5) is 11.4 Å². The molecule has 0 saturated carbocycles. The minimum Gasteiger partial charge on any atom is -0.379 e. The highest BCUT2D eigenvalue weighted by atomic mass is 35.5. The summed E-state index contributed by atoms with van der Waals surface area (Å²) in [5, 5.41) is 3.55. The van der Waals surface area contributed by atoms with E-state index in [1.54, 1.807) is 18.2 Å². The molecule has 10 heteroatoms. The average Bonchev–Trinajstić information content (AvgIpc) is 2.81. The molecule has 2 fully saturated rings. The van der Waals surface area contributed by atoms with E-state index < -0.39 is 10.0 Å². The van der Waals surface area contributed by atoms with E-state index in [0.29, 0.717) is 37.0 Å². The number of piperazine rings is 1. The lowest BCUT2D eigenvalue weighted by Crippen LogP contribution is -2.48. The molecule has 0 atom stereocenters. The first-order valence-corrected chi connectivity index (χ1v) is 12.4. The maximum atomic E-state index is 12.8. The first-order chi connectivity index (χ1) is 15.4. The van der Waals surface area contributed by atoms with Gasteiger partial charge in [-0.3, -0.25) is 9.69 Å². The fourth-order valence-electron chi connectivity index (χ4n) is 3.89. The van der Waals surface area contributed by atoms with Crippen molar-refractivity contribution in [3.05, 3.63) is 53.6 Å². The third-order valence-corrected chi connectivity index (χ3v) is 7.80. The number of hydrogen-bond donors (Lipinski definition) is 1. The van der Waals surface area contributed by atoms with Gasteiger partial charge in [0, 0.05) is 55.7 Å². The van der Waals surface area contributed by atoms with Gasteiger partial charge in [-0.2, -0.15) is 4.31 Å². The number of anilines is 2. The van der Waals surface area contributed by atoms with Gasteiger partial charge in [-0.1, -0.05) is 17.7 Å². The number of halogens is 1. The lowest BCUT2D eigenvalue weighted by atomic mass is 10.2. The van der Waals surface area contributed by atoms with Crippen molar-refractivity contribution in [2.24, 2.45) is 0 Å². The van der Waals surface area contributed by atoms with E-state index in [2.05, 4.69) is 15.1 Å². The van der Waals surface area contributed by atoms with Crippen molar-refractivity contribution in [1.29, 1.82) is 0 Å². The Hall–Kier alpha value is -2.17. The molecule has 2 heterocycles. The zero-order valence-electron chi connectivity index (χ0n) is 17.7. The Kier molecular flexibility index (Phi) is 7.32. The molecule has 2 aliphatic rings. The van der Waals surface area contributed by atoms with Gasteiger partial charge in [-0.25, -0.2) is 8.42 Å². The second-order valence-corrected chi connectivity index (χ2v) is 10.2. The number of carbonyl (C=O) groups is 1. The summed E-state index contributed by atoms with van der Waals surface area (Å²) in [5.74, 6) is -0.161. The van der Waals surface area contributed by atoms with E-state index in [0.717, 1.165) is 31.9 Å². The Morgan fingerprint density at radius 3 is 2.34 bits per heavy atom. The molecule has 8 nitrogen and oxygen atoms in total. The number of morpholine rings is 1. The summed E-state index contributed by atoms with van der Waals surface area (Å²) in [6, 6.07) is 14.2. The summed E-state index contributed by atoms with van der Waals surface area (Å²) < 4.78 is 32.3. The van der Waals surface area contributed by atoms with Crippen LogP contribution in [-0.2, 0) is 19.6 Å². The van der Waals surface area contributed by atoms with Crippen LogP contribution in [0.5, 0.6) is 0 Å². The molecule has 0 aliphatic carbocycles. The van der Waals surface area contributed by atoms with Gasteiger partial charge in [0.1, 0.15) is 0 Å². The summed E-state index contributed by atoms with van der Waals surface area (Å²) in [4.78, 5) is 17.1. The van der Waals surface area contributed by atoms with Crippen molar-refractivity contribution in [2.75, 3.05) is 69.2 Å². The maximum absolute atomic E-state index is 12.8. The molecule has 0 bridgehead atoms. The molecule has 0 unspecified atom stereocenters. The summed E-state index contributed by atoms with van der Waals surface area (Å²) in [7, 11) is -3.60. The predicted molar refractivity (Wildman–Crippen MR) is 125 cm³/mol. The van der Waals surface area contributed by atoms with Gasteiger partial charge in [0.15, 0.2) is 0 Å². The van der Waals surface area contributed by atoms with E-state index in [9.17, 15) is 13.2 Å². The molecular weight excluding hydrogens is 452 g/mol. The van der Waals surface area contributed by atoms with E-state index in [4.69, 9.17) is 16.3 Å². The minimum atomic E-state index is -3.60. The Morgan fingerprint density at radius 2 is 1.66 bits per heavy atom. The van der Waals surface area contributed by atoms with Crippen molar-refractivity contribution >= 4 is 38.9 Å².